The molecule has 0 radical (unpaired) electrons. The molecule has 1 aliphatic heterocycles. The Kier molecular flexibility index (Phi) is 3.70. The van der Waals surface area contributed by atoms with Gasteiger partial charge in [-0.05, 0) is 6.07 Å². The first-order valence-electron chi connectivity index (χ1n) is 5.45. The molecule has 0 N–H and O–H groups in total. The SMILES string of the molecule is COC=C(Oc1cccc2c1C(=O)OC2)C(=O)OC. The third-order valence-electron chi connectivity index (χ3n) is 2.51. The van der Waals surface area contributed by atoms with Crippen LogP contribution in [0.5, 0.6) is 5.75 Å². The van der Waals surface area contributed by atoms with Gasteiger partial charge in [-0.2, -0.15) is 0 Å². The van der Waals surface area contributed by atoms with Gasteiger partial charge in [-0.1, -0.05) is 12.1 Å². The van der Waals surface area contributed by atoms with E-state index in [2.05, 4.69) is 4.74 Å². The molecule has 1 aromatic carbocycles. The lowest BCUT2D eigenvalue weighted by atomic mass is 10.1. The summed E-state index contributed by atoms with van der Waals surface area (Å²) in [5.74, 6) is -1.11. The van der Waals surface area contributed by atoms with Crippen molar-refractivity contribution in [2.45, 2.75) is 6.61 Å². The van der Waals surface area contributed by atoms with Crippen molar-refractivity contribution in [3.63, 3.8) is 0 Å². The minimum Gasteiger partial charge on any atom is -0.500 e. The Morgan fingerprint density at radius 2 is 2.16 bits per heavy atom. The van der Waals surface area contributed by atoms with Crippen LogP contribution >= 0.6 is 0 Å². The van der Waals surface area contributed by atoms with Gasteiger partial charge in [-0.25, -0.2) is 9.59 Å². The maximum absolute atomic E-state index is 11.6. The Labute approximate surface area is 109 Å². The zero-order valence-corrected chi connectivity index (χ0v) is 10.5. The molecule has 1 aliphatic rings. The van der Waals surface area contributed by atoms with E-state index in [9.17, 15) is 9.59 Å². The highest BCUT2D eigenvalue weighted by atomic mass is 16.6. The lowest BCUT2D eigenvalue weighted by Gasteiger charge is -2.09. The van der Waals surface area contributed by atoms with Crippen molar-refractivity contribution in [1.82, 2.24) is 0 Å². The number of esters is 2. The molecule has 0 atom stereocenters. The topological polar surface area (TPSA) is 71.1 Å². The second-order valence-corrected chi connectivity index (χ2v) is 3.68. The number of benzene rings is 1. The zero-order chi connectivity index (χ0) is 13.8. The second kappa shape index (κ2) is 5.43. The lowest BCUT2D eigenvalue weighted by Crippen LogP contribution is -2.12. The summed E-state index contributed by atoms with van der Waals surface area (Å²) in [7, 11) is 2.59. The average Bonchev–Trinajstić information content (AvgIpc) is 2.80. The van der Waals surface area contributed by atoms with Crippen molar-refractivity contribution in [2.24, 2.45) is 0 Å². The largest absolute Gasteiger partial charge is 0.500 e. The Morgan fingerprint density at radius 1 is 1.37 bits per heavy atom. The Bertz CT molecular complexity index is 546. The first kappa shape index (κ1) is 12.9. The van der Waals surface area contributed by atoms with Crippen LogP contribution in [0, 0.1) is 0 Å². The van der Waals surface area contributed by atoms with Crippen molar-refractivity contribution in [1.29, 1.82) is 0 Å². The summed E-state index contributed by atoms with van der Waals surface area (Å²) < 4.78 is 19.6. The number of carbonyl (C=O) groups excluding carboxylic acids is 2. The van der Waals surface area contributed by atoms with Gasteiger partial charge in [0, 0.05) is 5.56 Å². The Morgan fingerprint density at radius 3 is 2.84 bits per heavy atom. The van der Waals surface area contributed by atoms with Crippen LogP contribution in [0.25, 0.3) is 0 Å². The quantitative estimate of drug-likeness (QED) is 0.465. The summed E-state index contributed by atoms with van der Waals surface area (Å²) in [6, 6.07) is 5.03. The third kappa shape index (κ3) is 2.52. The highest BCUT2D eigenvalue weighted by Gasteiger charge is 2.27. The van der Waals surface area contributed by atoms with Gasteiger partial charge in [0.2, 0.25) is 5.76 Å². The van der Waals surface area contributed by atoms with Crippen LogP contribution in [0.3, 0.4) is 0 Å². The van der Waals surface area contributed by atoms with Gasteiger partial charge in [0.15, 0.2) is 0 Å². The summed E-state index contributed by atoms with van der Waals surface area (Å²) in [6.45, 7) is 0.201. The average molecular weight is 264 g/mol. The van der Waals surface area contributed by atoms with E-state index in [1.165, 1.54) is 14.2 Å². The van der Waals surface area contributed by atoms with E-state index in [0.717, 1.165) is 6.26 Å². The number of hydrogen-bond donors (Lipinski definition) is 0. The molecule has 0 unspecified atom stereocenters. The molecule has 2 rings (SSSR count). The summed E-state index contributed by atoms with van der Waals surface area (Å²) in [6.07, 6.45) is 1.10. The summed E-state index contributed by atoms with van der Waals surface area (Å²) in [4.78, 5) is 23.1. The van der Waals surface area contributed by atoms with Crippen LogP contribution in [-0.4, -0.2) is 26.2 Å². The number of hydrogen-bond acceptors (Lipinski definition) is 6. The van der Waals surface area contributed by atoms with E-state index in [-0.39, 0.29) is 18.1 Å². The van der Waals surface area contributed by atoms with Crippen LogP contribution in [0.4, 0.5) is 0 Å². The van der Waals surface area contributed by atoms with Crippen molar-refractivity contribution in [3.05, 3.63) is 41.3 Å². The second-order valence-electron chi connectivity index (χ2n) is 3.68. The maximum Gasteiger partial charge on any atom is 0.377 e. The van der Waals surface area contributed by atoms with Gasteiger partial charge in [0.05, 0.1) is 14.2 Å². The Hall–Kier alpha value is -2.50. The van der Waals surface area contributed by atoms with Gasteiger partial charge in [-0.3, -0.25) is 0 Å². The number of methoxy groups -OCH3 is 2. The minimum absolute atomic E-state index is 0.155. The van der Waals surface area contributed by atoms with Gasteiger partial charge in [-0.15, -0.1) is 0 Å². The van der Waals surface area contributed by atoms with Crippen molar-refractivity contribution in [3.8, 4) is 5.75 Å². The predicted molar refractivity (Wildman–Crippen MR) is 63.3 cm³/mol. The third-order valence-corrected chi connectivity index (χ3v) is 2.51. The molecule has 100 valence electrons. The maximum atomic E-state index is 11.6. The monoisotopic (exact) mass is 264 g/mol. The molecule has 1 heterocycles. The van der Waals surface area contributed by atoms with E-state index in [1.54, 1.807) is 18.2 Å². The van der Waals surface area contributed by atoms with E-state index < -0.39 is 11.9 Å². The zero-order valence-electron chi connectivity index (χ0n) is 10.5. The standard InChI is InChI=1S/C13H12O6/c1-16-7-10(12(14)17-2)19-9-5-3-4-8-6-18-13(15)11(8)9/h3-5,7H,6H2,1-2H3. The number of ether oxygens (including phenoxy) is 4. The summed E-state index contributed by atoms with van der Waals surface area (Å²) in [5.41, 5.74) is 1.03. The molecule has 0 spiro atoms. The smallest absolute Gasteiger partial charge is 0.377 e. The Balaban J connectivity index is 2.33. The van der Waals surface area contributed by atoms with Crippen molar-refractivity contribution in [2.75, 3.05) is 14.2 Å². The van der Waals surface area contributed by atoms with Crippen LogP contribution < -0.4 is 4.74 Å². The van der Waals surface area contributed by atoms with Gasteiger partial charge in [0.25, 0.3) is 0 Å². The molecule has 0 bridgehead atoms. The van der Waals surface area contributed by atoms with Crippen LogP contribution in [0.15, 0.2) is 30.2 Å². The summed E-state index contributed by atoms with van der Waals surface area (Å²) >= 11 is 0. The molecule has 0 aliphatic carbocycles. The van der Waals surface area contributed by atoms with Gasteiger partial charge >= 0.3 is 11.9 Å². The molecule has 6 heteroatoms. The number of cyclic esters (lactones) is 1. The van der Waals surface area contributed by atoms with E-state index in [4.69, 9.17) is 14.2 Å². The van der Waals surface area contributed by atoms with Gasteiger partial charge < -0.3 is 18.9 Å². The normalized spacial score (nSPS) is 13.6. The van der Waals surface area contributed by atoms with Crippen LogP contribution in [-0.2, 0) is 25.6 Å². The molecule has 0 saturated carbocycles. The molecule has 6 nitrogen and oxygen atoms in total. The molecule has 0 aromatic heterocycles. The van der Waals surface area contributed by atoms with E-state index >= 15 is 0 Å². The van der Waals surface area contributed by atoms with Crippen molar-refractivity contribution < 1.29 is 28.5 Å². The molecule has 0 fully saturated rings. The molecule has 0 saturated heterocycles. The predicted octanol–water partition coefficient (Wildman–Crippen LogP) is 1.40. The molecule has 1 aromatic rings. The number of fused-ring (bicyclic) bond motifs is 1. The van der Waals surface area contributed by atoms with E-state index in [1.807, 2.05) is 0 Å². The van der Waals surface area contributed by atoms with Gasteiger partial charge in [0.1, 0.15) is 24.2 Å². The first-order valence-corrected chi connectivity index (χ1v) is 5.45. The highest BCUT2D eigenvalue weighted by molar-refractivity contribution is 5.96. The fourth-order valence-electron chi connectivity index (χ4n) is 1.67. The van der Waals surface area contributed by atoms with Crippen molar-refractivity contribution >= 4 is 11.9 Å². The number of rotatable bonds is 4. The van der Waals surface area contributed by atoms with E-state index in [0.29, 0.717) is 11.1 Å². The fourth-order valence-corrected chi connectivity index (χ4v) is 1.67. The number of carbonyl (C=O) groups is 2. The molecule has 0 amide bonds. The first-order chi connectivity index (χ1) is 9.17. The highest BCUT2D eigenvalue weighted by Crippen LogP contribution is 2.30. The molecular formula is C13H12O6. The van der Waals surface area contributed by atoms with Crippen LogP contribution in [0.2, 0.25) is 0 Å². The minimum atomic E-state index is -0.703. The summed E-state index contributed by atoms with van der Waals surface area (Å²) in [5, 5.41) is 0. The molecular weight excluding hydrogens is 252 g/mol. The fraction of sp³-hybridized carbons (Fsp3) is 0.231. The van der Waals surface area contributed by atoms with Crippen LogP contribution in [0.1, 0.15) is 15.9 Å². The lowest BCUT2D eigenvalue weighted by molar-refractivity contribution is -0.138. The molecule has 19 heavy (non-hydrogen) atoms.